The Morgan fingerprint density at radius 2 is 2.00 bits per heavy atom. The maximum atomic E-state index is 5.88. The molecule has 2 rings (SSSR count). The molecule has 0 saturated carbocycles. The second-order valence-corrected chi connectivity index (χ2v) is 4.20. The van der Waals surface area contributed by atoms with Gasteiger partial charge in [0.05, 0.1) is 12.2 Å². The van der Waals surface area contributed by atoms with Gasteiger partial charge in [-0.3, -0.25) is 0 Å². The molecule has 0 aromatic rings. The van der Waals surface area contributed by atoms with Gasteiger partial charge >= 0.3 is 0 Å². The number of hydrogen-bond acceptors (Lipinski definition) is 2. The van der Waals surface area contributed by atoms with Crippen molar-refractivity contribution in [2.75, 3.05) is 0 Å². The van der Waals surface area contributed by atoms with Gasteiger partial charge in [0.1, 0.15) is 0 Å². The third-order valence-corrected chi connectivity index (χ3v) is 2.78. The minimum Gasteiger partial charge on any atom is -0.343 e. The first-order chi connectivity index (χ1) is 6.20. The van der Waals surface area contributed by atoms with E-state index >= 15 is 0 Å². The van der Waals surface area contributed by atoms with Gasteiger partial charge in [-0.05, 0) is 39.2 Å². The minimum absolute atomic E-state index is 0.301. The van der Waals surface area contributed by atoms with Gasteiger partial charge in [0.25, 0.3) is 0 Å². The molecule has 2 heterocycles. The molecule has 1 spiro atoms. The van der Waals surface area contributed by atoms with Crippen LogP contribution in [0.1, 0.15) is 39.5 Å². The maximum absolute atomic E-state index is 5.88. The summed E-state index contributed by atoms with van der Waals surface area (Å²) in [6, 6.07) is 0. The van der Waals surface area contributed by atoms with E-state index in [-0.39, 0.29) is 5.79 Å². The Morgan fingerprint density at radius 1 is 1.23 bits per heavy atom. The van der Waals surface area contributed by atoms with Crippen LogP contribution in [0.5, 0.6) is 0 Å². The molecule has 2 aliphatic heterocycles. The molecule has 3 atom stereocenters. The zero-order chi connectivity index (χ0) is 9.31. The van der Waals surface area contributed by atoms with Crippen LogP contribution in [0.15, 0.2) is 12.2 Å². The van der Waals surface area contributed by atoms with E-state index in [4.69, 9.17) is 9.47 Å². The minimum atomic E-state index is -0.380. The number of ether oxygens (including phenoxy) is 2. The van der Waals surface area contributed by atoms with Gasteiger partial charge in [-0.1, -0.05) is 6.08 Å². The summed E-state index contributed by atoms with van der Waals surface area (Å²) in [5.74, 6) is -0.380. The van der Waals surface area contributed by atoms with Crippen LogP contribution in [0, 0.1) is 0 Å². The summed E-state index contributed by atoms with van der Waals surface area (Å²) in [5, 5.41) is 0. The van der Waals surface area contributed by atoms with Crippen LogP contribution in [-0.2, 0) is 9.47 Å². The monoisotopic (exact) mass is 182 g/mol. The van der Waals surface area contributed by atoms with E-state index in [2.05, 4.69) is 26.0 Å². The Morgan fingerprint density at radius 3 is 2.69 bits per heavy atom. The molecule has 0 aromatic heterocycles. The lowest BCUT2D eigenvalue weighted by molar-refractivity contribution is -0.267. The molecule has 0 N–H and O–H groups in total. The molecule has 1 saturated heterocycles. The molecule has 1 fully saturated rings. The standard InChI is InChI=1S/C11H18O2/c1-9-5-3-7-11(12-9)8-4-6-10(2)13-11/h3,7,9-10H,4-6,8H2,1-2H3/t9-,10-,11+/m0/s1. The topological polar surface area (TPSA) is 18.5 Å². The van der Waals surface area contributed by atoms with Crippen LogP contribution >= 0.6 is 0 Å². The van der Waals surface area contributed by atoms with Crippen LogP contribution in [-0.4, -0.2) is 18.0 Å². The summed E-state index contributed by atoms with van der Waals surface area (Å²) in [6.07, 6.45) is 9.32. The fourth-order valence-electron chi connectivity index (χ4n) is 2.17. The molecular weight excluding hydrogens is 164 g/mol. The Labute approximate surface area is 79.9 Å². The van der Waals surface area contributed by atoms with E-state index in [0.717, 1.165) is 19.3 Å². The Hall–Kier alpha value is -0.340. The molecule has 74 valence electrons. The number of rotatable bonds is 0. The average Bonchev–Trinajstić information content (AvgIpc) is 2.02. The summed E-state index contributed by atoms with van der Waals surface area (Å²) < 4.78 is 11.8. The van der Waals surface area contributed by atoms with Crippen LogP contribution in [0.2, 0.25) is 0 Å². The van der Waals surface area contributed by atoms with Gasteiger partial charge in [0.2, 0.25) is 0 Å². The third kappa shape index (κ3) is 1.94. The third-order valence-electron chi connectivity index (χ3n) is 2.78. The van der Waals surface area contributed by atoms with E-state index in [9.17, 15) is 0 Å². The van der Waals surface area contributed by atoms with Crippen molar-refractivity contribution in [3.8, 4) is 0 Å². The van der Waals surface area contributed by atoms with Gasteiger partial charge in [0.15, 0.2) is 5.79 Å². The first-order valence-corrected chi connectivity index (χ1v) is 5.23. The van der Waals surface area contributed by atoms with E-state index in [1.54, 1.807) is 0 Å². The summed E-state index contributed by atoms with van der Waals surface area (Å²) >= 11 is 0. The predicted molar refractivity (Wildman–Crippen MR) is 51.4 cm³/mol. The molecule has 0 aromatic carbocycles. The molecule has 0 radical (unpaired) electrons. The van der Waals surface area contributed by atoms with Gasteiger partial charge in [-0.2, -0.15) is 0 Å². The molecule has 13 heavy (non-hydrogen) atoms. The smallest absolute Gasteiger partial charge is 0.188 e. The van der Waals surface area contributed by atoms with Crippen molar-refractivity contribution >= 4 is 0 Å². The molecule has 0 unspecified atom stereocenters. The lowest BCUT2D eigenvalue weighted by Gasteiger charge is -2.41. The first kappa shape index (κ1) is 9.22. The van der Waals surface area contributed by atoms with E-state index in [1.807, 2.05) is 0 Å². The molecule has 2 aliphatic rings. The van der Waals surface area contributed by atoms with Gasteiger partial charge in [-0.15, -0.1) is 0 Å². The highest BCUT2D eigenvalue weighted by Gasteiger charge is 2.37. The highest BCUT2D eigenvalue weighted by atomic mass is 16.7. The normalized spacial score (nSPS) is 45.4. The quantitative estimate of drug-likeness (QED) is 0.536. The van der Waals surface area contributed by atoms with Crippen molar-refractivity contribution in [2.24, 2.45) is 0 Å². The average molecular weight is 182 g/mol. The van der Waals surface area contributed by atoms with Crippen LogP contribution in [0.3, 0.4) is 0 Å². The van der Waals surface area contributed by atoms with Crippen molar-refractivity contribution in [2.45, 2.75) is 57.5 Å². The van der Waals surface area contributed by atoms with E-state index in [0.29, 0.717) is 12.2 Å². The zero-order valence-corrected chi connectivity index (χ0v) is 8.45. The second-order valence-electron chi connectivity index (χ2n) is 4.20. The summed E-state index contributed by atoms with van der Waals surface area (Å²) in [5.41, 5.74) is 0. The summed E-state index contributed by atoms with van der Waals surface area (Å²) in [6.45, 7) is 4.23. The Bertz CT molecular complexity index is 212. The summed E-state index contributed by atoms with van der Waals surface area (Å²) in [4.78, 5) is 0. The Kier molecular flexibility index (Phi) is 2.43. The van der Waals surface area contributed by atoms with Crippen molar-refractivity contribution in [3.05, 3.63) is 12.2 Å². The van der Waals surface area contributed by atoms with Crippen LogP contribution in [0.25, 0.3) is 0 Å². The van der Waals surface area contributed by atoms with Crippen molar-refractivity contribution in [3.63, 3.8) is 0 Å². The van der Waals surface area contributed by atoms with Crippen molar-refractivity contribution < 1.29 is 9.47 Å². The zero-order valence-electron chi connectivity index (χ0n) is 8.45. The van der Waals surface area contributed by atoms with Crippen LogP contribution in [0.4, 0.5) is 0 Å². The molecule has 0 aliphatic carbocycles. The van der Waals surface area contributed by atoms with Gasteiger partial charge < -0.3 is 9.47 Å². The van der Waals surface area contributed by atoms with Crippen molar-refractivity contribution in [1.29, 1.82) is 0 Å². The van der Waals surface area contributed by atoms with E-state index in [1.165, 1.54) is 6.42 Å². The Balaban J connectivity index is 2.09. The second kappa shape index (κ2) is 3.43. The molecule has 0 bridgehead atoms. The first-order valence-electron chi connectivity index (χ1n) is 5.23. The fourth-order valence-corrected chi connectivity index (χ4v) is 2.17. The molecule has 0 amide bonds. The van der Waals surface area contributed by atoms with Gasteiger partial charge in [-0.25, -0.2) is 0 Å². The molecular formula is C11H18O2. The lowest BCUT2D eigenvalue weighted by atomic mass is 9.98. The van der Waals surface area contributed by atoms with Crippen LogP contribution < -0.4 is 0 Å². The van der Waals surface area contributed by atoms with Crippen molar-refractivity contribution in [1.82, 2.24) is 0 Å². The highest BCUT2D eigenvalue weighted by Crippen LogP contribution is 2.35. The largest absolute Gasteiger partial charge is 0.343 e. The summed E-state index contributed by atoms with van der Waals surface area (Å²) in [7, 11) is 0. The number of hydrogen-bond donors (Lipinski definition) is 0. The SMILES string of the molecule is C[C@H]1CC=C[C@@]2(CCC[C@H](C)O2)O1. The maximum Gasteiger partial charge on any atom is 0.188 e. The molecule has 2 nitrogen and oxygen atoms in total. The fraction of sp³-hybridized carbons (Fsp3) is 0.818. The van der Waals surface area contributed by atoms with E-state index < -0.39 is 0 Å². The highest BCUT2D eigenvalue weighted by molar-refractivity contribution is 5.02. The predicted octanol–water partition coefficient (Wildman–Crippen LogP) is 2.64. The molecule has 2 heteroatoms. The lowest BCUT2D eigenvalue weighted by Crippen LogP contribution is -2.44. The van der Waals surface area contributed by atoms with Gasteiger partial charge in [0, 0.05) is 6.42 Å².